The van der Waals surface area contributed by atoms with Crippen LogP contribution in [-0.4, -0.2) is 53.7 Å². The number of carbonyl (C=O) groups is 4. The van der Waals surface area contributed by atoms with Gasteiger partial charge in [0.1, 0.15) is 6.04 Å². The molecule has 0 spiro atoms. The molecule has 3 rings (SSSR count). The molecular weight excluding hydrogens is 422 g/mol. The first-order chi connectivity index (χ1) is 13.7. The summed E-state index contributed by atoms with van der Waals surface area (Å²) < 4.78 is 0. The highest BCUT2D eigenvalue weighted by atomic mass is 35.5. The molecule has 7 N–H and O–H groups in total. The highest BCUT2D eigenvalue weighted by Crippen LogP contribution is 2.78. The Kier molecular flexibility index (Phi) is 6.49. The average molecular weight is 458 g/mol. The predicted molar refractivity (Wildman–Crippen MR) is 117 cm³/mol. The van der Waals surface area contributed by atoms with Crippen molar-refractivity contribution in [3.63, 3.8) is 0 Å². The van der Waals surface area contributed by atoms with Crippen LogP contribution in [0, 0.1) is 34.0 Å². The highest BCUT2D eigenvalue weighted by molar-refractivity contribution is 5.93. The van der Waals surface area contributed by atoms with Gasteiger partial charge in [0.25, 0.3) is 0 Å². The normalized spacial score (nSPS) is 33.0. The maximum atomic E-state index is 13.2. The lowest BCUT2D eigenvalue weighted by Gasteiger charge is -2.40. The van der Waals surface area contributed by atoms with Gasteiger partial charge >= 0.3 is 0 Å². The summed E-state index contributed by atoms with van der Waals surface area (Å²) in [7, 11) is 0. The van der Waals surface area contributed by atoms with Crippen LogP contribution in [0.3, 0.4) is 0 Å². The Morgan fingerprint density at radius 1 is 1.23 bits per heavy atom. The zero-order chi connectivity index (χ0) is 22.8. The summed E-state index contributed by atoms with van der Waals surface area (Å²) in [5.41, 5.74) is 16.1. The Labute approximate surface area is 189 Å². The lowest BCUT2D eigenvalue weighted by molar-refractivity contribution is -0.146. The summed E-state index contributed by atoms with van der Waals surface area (Å²) >= 11 is 0. The van der Waals surface area contributed by atoms with Crippen LogP contribution in [0.25, 0.3) is 0 Å². The third kappa shape index (κ3) is 3.59. The molecule has 0 bridgehead atoms. The molecule has 6 atom stereocenters. The number of piperidine rings is 1. The number of fused-ring (bicyclic) bond motifs is 1. The van der Waals surface area contributed by atoms with Crippen molar-refractivity contribution < 1.29 is 19.2 Å². The van der Waals surface area contributed by atoms with E-state index in [4.69, 9.17) is 17.2 Å². The van der Waals surface area contributed by atoms with Gasteiger partial charge in [0, 0.05) is 30.3 Å². The zero-order valence-electron chi connectivity index (χ0n) is 18.9. The molecule has 0 radical (unpaired) electrons. The van der Waals surface area contributed by atoms with Gasteiger partial charge in [-0.3, -0.25) is 19.2 Å². The second-order valence-electron chi connectivity index (χ2n) is 10.8. The molecule has 2 aliphatic heterocycles. The monoisotopic (exact) mass is 457 g/mol. The number of nitrogens with one attached hydrogen (secondary N) is 1. The van der Waals surface area contributed by atoms with E-state index in [1.54, 1.807) is 0 Å². The summed E-state index contributed by atoms with van der Waals surface area (Å²) in [6.07, 6.45) is 0.862. The van der Waals surface area contributed by atoms with Crippen LogP contribution in [-0.2, 0) is 19.2 Å². The van der Waals surface area contributed by atoms with Gasteiger partial charge in [-0.1, -0.05) is 34.6 Å². The molecule has 1 aliphatic carbocycles. The Morgan fingerprint density at radius 3 is 2.23 bits per heavy atom. The fraction of sp³-hybridized carbons (Fsp3) is 0.810. The third-order valence-corrected chi connectivity index (χ3v) is 7.98. The van der Waals surface area contributed by atoms with Crippen LogP contribution in [0.4, 0.5) is 0 Å². The molecule has 3 unspecified atom stereocenters. The number of amides is 4. The van der Waals surface area contributed by atoms with Crippen molar-refractivity contribution >= 4 is 36.0 Å². The second-order valence-corrected chi connectivity index (χ2v) is 10.8. The summed E-state index contributed by atoms with van der Waals surface area (Å²) in [4.78, 5) is 52.2. The van der Waals surface area contributed by atoms with Crippen LogP contribution in [0.15, 0.2) is 0 Å². The molecule has 3 aliphatic rings. The fourth-order valence-corrected chi connectivity index (χ4v) is 6.16. The summed E-state index contributed by atoms with van der Waals surface area (Å²) in [5.74, 6) is -2.90. The average Bonchev–Trinajstić information content (AvgIpc) is 2.99. The highest BCUT2D eigenvalue weighted by Gasteiger charge is 2.83. The maximum Gasteiger partial charge on any atom is 0.240 e. The zero-order valence-corrected chi connectivity index (χ0v) is 19.8. The third-order valence-electron chi connectivity index (χ3n) is 7.98. The molecule has 3 fully saturated rings. The number of carbonyl (C=O) groups excluding carboxylic acids is 4. The van der Waals surface area contributed by atoms with E-state index in [1.807, 2.05) is 34.6 Å². The second kappa shape index (κ2) is 7.92. The lowest BCUT2D eigenvalue weighted by atomic mass is 9.71. The van der Waals surface area contributed by atoms with Crippen molar-refractivity contribution in [2.24, 2.45) is 51.2 Å². The summed E-state index contributed by atoms with van der Waals surface area (Å²) in [6, 6.07) is -1.80. The Balaban J connectivity index is 0.00000341. The molecule has 31 heavy (non-hydrogen) atoms. The standard InChI is InChI=1S/C21H35N5O4.ClH/c1-19(2,3)13(22)18(30)26-9-12-20(4,5)21(12,14(26)16(24)28)11(15(23)27)8-10-6-7-25-17(10)29;/h10-14H,6-9,22H2,1-5H3,(H2,23,27)(H2,24,28)(H,25,29);1H/t10-,11-,12?,13-,14?,21?;/m1./s1. The predicted octanol–water partition coefficient (Wildman–Crippen LogP) is -0.252. The van der Waals surface area contributed by atoms with Gasteiger partial charge in [-0.2, -0.15) is 0 Å². The van der Waals surface area contributed by atoms with E-state index in [2.05, 4.69) is 5.32 Å². The van der Waals surface area contributed by atoms with Gasteiger partial charge in [-0.25, -0.2) is 0 Å². The number of hydrogen-bond donors (Lipinski definition) is 4. The van der Waals surface area contributed by atoms with Crippen molar-refractivity contribution in [2.45, 2.75) is 59.5 Å². The van der Waals surface area contributed by atoms with E-state index < -0.39 is 46.1 Å². The molecule has 9 nitrogen and oxygen atoms in total. The molecule has 1 saturated carbocycles. The number of hydrogen-bond acceptors (Lipinski definition) is 5. The van der Waals surface area contributed by atoms with E-state index in [0.29, 0.717) is 19.5 Å². The quantitative estimate of drug-likeness (QED) is 0.431. The van der Waals surface area contributed by atoms with Crippen molar-refractivity contribution in [1.29, 1.82) is 0 Å². The van der Waals surface area contributed by atoms with Gasteiger partial charge < -0.3 is 27.4 Å². The van der Waals surface area contributed by atoms with Gasteiger partial charge in [0.15, 0.2) is 0 Å². The molecule has 2 heterocycles. The van der Waals surface area contributed by atoms with Gasteiger partial charge in [0.2, 0.25) is 23.6 Å². The molecule has 10 heteroatoms. The summed E-state index contributed by atoms with van der Waals surface area (Å²) in [5, 5.41) is 2.78. The van der Waals surface area contributed by atoms with Crippen LogP contribution in [0.5, 0.6) is 0 Å². The topological polar surface area (TPSA) is 162 Å². The van der Waals surface area contributed by atoms with Crippen molar-refractivity contribution in [2.75, 3.05) is 13.1 Å². The van der Waals surface area contributed by atoms with E-state index in [0.717, 1.165) is 0 Å². The number of likely N-dealkylation sites (tertiary alicyclic amines) is 1. The number of nitrogens with zero attached hydrogens (tertiary/aromatic N) is 1. The molecule has 176 valence electrons. The van der Waals surface area contributed by atoms with E-state index in [1.165, 1.54) is 4.90 Å². The largest absolute Gasteiger partial charge is 0.369 e. The Bertz CT molecular complexity index is 795. The smallest absolute Gasteiger partial charge is 0.240 e. The SMILES string of the molecule is CC(C)(C)[C@H](N)C(=O)N1CC2C(C)(C)C2([C@H](C[C@H]2CCNC2=O)C(N)=O)C1C(N)=O.Cl. The van der Waals surface area contributed by atoms with Crippen LogP contribution < -0.4 is 22.5 Å². The minimum Gasteiger partial charge on any atom is -0.369 e. The van der Waals surface area contributed by atoms with Crippen LogP contribution >= 0.6 is 12.4 Å². The van der Waals surface area contributed by atoms with E-state index in [-0.39, 0.29) is 42.5 Å². The van der Waals surface area contributed by atoms with Crippen molar-refractivity contribution in [3.8, 4) is 0 Å². The number of halogens is 1. The van der Waals surface area contributed by atoms with Gasteiger partial charge in [-0.15, -0.1) is 12.4 Å². The molecule has 0 aromatic carbocycles. The Hall–Kier alpha value is -1.87. The number of primary amides is 2. The van der Waals surface area contributed by atoms with E-state index in [9.17, 15) is 19.2 Å². The molecule has 4 amide bonds. The maximum absolute atomic E-state index is 13.2. The van der Waals surface area contributed by atoms with Crippen LogP contribution in [0.2, 0.25) is 0 Å². The first kappa shape index (κ1) is 25.4. The van der Waals surface area contributed by atoms with E-state index >= 15 is 0 Å². The minimum atomic E-state index is -0.986. The first-order valence-corrected chi connectivity index (χ1v) is 10.6. The van der Waals surface area contributed by atoms with Gasteiger partial charge in [0.05, 0.1) is 6.04 Å². The van der Waals surface area contributed by atoms with Crippen LogP contribution in [0.1, 0.15) is 47.5 Å². The Morgan fingerprint density at radius 2 is 1.81 bits per heavy atom. The van der Waals surface area contributed by atoms with Gasteiger partial charge in [-0.05, 0) is 29.6 Å². The first-order valence-electron chi connectivity index (χ1n) is 10.6. The fourth-order valence-electron chi connectivity index (χ4n) is 6.16. The lowest BCUT2D eigenvalue weighted by Crippen LogP contribution is -2.59. The number of nitrogens with two attached hydrogens (primary N) is 3. The molecule has 0 aromatic heterocycles. The molecule has 2 saturated heterocycles. The summed E-state index contributed by atoms with van der Waals surface area (Å²) in [6.45, 7) is 10.4. The molecular formula is C21H36ClN5O4. The minimum absolute atomic E-state index is 0. The van der Waals surface area contributed by atoms with Crippen molar-refractivity contribution in [3.05, 3.63) is 0 Å². The number of rotatable bonds is 6. The molecule has 0 aromatic rings. The van der Waals surface area contributed by atoms with Crippen molar-refractivity contribution in [1.82, 2.24) is 10.2 Å².